The third-order valence-corrected chi connectivity index (χ3v) is 6.41. The Bertz CT molecular complexity index is 635. The Hall–Kier alpha value is -0.700. The predicted octanol–water partition coefficient (Wildman–Crippen LogP) is 3.90. The summed E-state index contributed by atoms with van der Waals surface area (Å²) >= 11 is 3.25. The number of hydrogen-bond donors (Lipinski definition) is 0. The van der Waals surface area contributed by atoms with Gasteiger partial charge in [-0.3, -0.25) is 14.8 Å². The molecule has 27 heavy (non-hydrogen) atoms. The quantitative estimate of drug-likeness (QED) is 0.683. The van der Waals surface area contributed by atoms with E-state index in [2.05, 4.69) is 30.7 Å². The van der Waals surface area contributed by atoms with Crippen LogP contribution in [0, 0.1) is 5.92 Å². The van der Waals surface area contributed by atoms with E-state index >= 15 is 0 Å². The fraction of sp³-hybridized carbons (Fsp3) is 0.737. The minimum absolute atomic E-state index is 0.0781. The van der Waals surface area contributed by atoms with Gasteiger partial charge in [0, 0.05) is 42.9 Å². The lowest BCUT2D eigenvalue weighted by atomic mass is 10.1. The lowest BCUT2D eigenvalue weighted by Crippen LogP contribution is -2.53. The van der Waals surface area contributed by atoms with Gasteiger partial charge < -0.3 is 4.90 Å². The second kappa shape index (κ2) is 7.97. The van der Waals surface area contributed by atoms with Crippen molar-refractivity contribution in [3.8, 4) is 0 Å². The van der Waals surface area contributed by atoms with Crippen molar-refractivity contribution in [2.75, 3.05) is 39.4 Å². The topological polar surface area (TPSA) is 22.6 Å². The molecule has 2 atom stereocenters. The zero-order chi connectivity index (χ0) is 19.0. The molecule has 3 fully saturated rings. The number of likely N-dealkylation sites (tertiary alicyclic amines) is 1. The highest BCUT2D eigenvalue weighted by Gasteiger charge is 2.47. The van der Waals surface area contributed by atoms with E-state index in [1.165, 1.54) is 31.6 Å². The SMILES string of the molecule is FC(F)(F)C(c1ccc(Br)cn1)N1CCCN(C2CCN(CC3CC3)C2)C1. The summed E-state index contributed by atoms with van der Waals surface area (Å²) in [5.74, 6) is 0.861. The van der Waals surface area contributed by atoms with Crippen LogP contribution in [0.5, 0.6) is 0 Å². The lowest BCUT2D eigenvalue weighted by molar-refractivity contribution is -0.198. The molecule has 1 aromatic heterocycles. The van der Waals surface area contributed by atoms with Crippen molar-refractivity contribution in [1.29, 1.82) is 0 Å². The summed E-state index contributed by atoms with van der Waals surface area (Å²) in [6, 6.07) is 1.85. The van der Waals surface area contributed by atoms with Gasteiger partial charge in [0.1, 0.15) is 6.04 Å². The van der Waals surface area contributed by atoms with Gasteiger partial charge in [0.2, 0.25) is 0 Å². The van der Waals surface area contributed by atoms with Crippen LogP contribution in [0.4, 0.5) is 13.2 Å². The zero-order valence-corrected chi connectivity index (χ0v) is 16.9. The number of alkyl halides is 3. The molecule has 0 spiro atoms. The fourth-order valence-corrected chi connectivity index (χ4v) is 4.65. The third-order valence-electron chi connectivity index (χ3n) is 5.94. The van der Waals surface area contributed by atoms with Crippen molar-refractivity contribution in [3.05, 3.63) is 28.5 Å². The normalized spacial score (nSPS) is 27.2. The molecule has 150 valence electrons. The van der Waals surface area contributed by atoms with Gasteiger partial charge >= 0.3 is 6.18 Å². The summed E-state index contributed by atoms with van der Waals surface area (Å²) in [6.07, 6.45) is 1.62. The molecule has 8 heteroatoms. The number of aromatic nitrogens is 1. The van der Waals surface area contributed by atoms with Crippen LogP contribution >= 0.6 is 15.9 Å². The Morgan fingerprint density at radius 2 is 1.96 bits per heavy atom. The maximum atomic E-state index is 13.9. The Kier molecular flexibility index (Phi) is 5.79. The molecule has 0 amide bonds. The van der Waals surface area contributed by atoms with Gasteiger partial charge in [-0.25, -0.2) is 0 Å². The molecule has 3 aliphatic rings. The van der Waals surface area contributed by atoms with Crippen LogP contribution in [0.3, 0.4) is 0 Å². The first-order chi connectivity index (χ1) is 12.9. The maximum Gasteiger partial charge on any atom is 0.409 e. The fourth-order valence-electron chi connectivity index (χ4n) is 4.41. The number of pyridine rings is 1. The number of halogens is 4. The van der Waals surface area contributed by atoms with Crippen molar-refractivity contribution in [2.45, 2.75) is 43.9 Å². The molecular weight excluding hydrogens is 421 g/mol. The van der Waals surface area contributed by atoms with E-state index in [1.54, 1.807) is 11.0 Å². The smallest absolute Gasteiger partial charge is 0.301 e. The van der Waals surface area contributed by atoms with Gasteiger partial charge in [0.15, 0.2) is 0 Å². The highest BCUT2D eigenvalue weighted by molar-refractivity contribution is 9.10. The van der Waals surface area contributed by atoms with Crippen molar-refractivity contribution in [1.82, 2.24) is 19.7 Å². The van der Waals surface area contributed by atoms with Crippen LogP contribution in [0.25, 0.3) is 0 Å². The van der Waals surface area contributed by atoms with E-state index in [4.69, 9.17) is 0 Å². The maximum absolute atomic E-state index is 13.9. The second-order valence-corrected chi connectivity index (χ2v) is 9.03. The standard InChI is InChI=1S/C19H26BrF3N4/c20-15-4-5-17(24-10-15)18(19(21,22)23)27-8-1-7-26(13-27)16-6-9-25(12-16)11-14-2-3-14/h4-5,10,14,16,18H,1-3,6-9,11-13H2. The van der Waals surface area contributed by atoms with Gasteiger partial charge in [-0.1, -0.05) is 0 Å². The average Bonchev–Trinajstić information content (AvgIpc) is 3.31. The molecule has 1 saturated carbocycles. The molecule has 1 aromatic rings. The van der Waals surface area contributed by atoms with Crippen LogP contribution in [0.2, 0.25) is 0 Å². The Balaban J connectivity index is 1.44. The lowest BCUT2D eigenvalue weighted by Gasteiger charge is -2.42. The molecule has 3 heterocycles. The first kappa shape index (κ1) is 19.6. The summed E-state index contributed by atoms with van der Waals surface area (Å²) in [5, 5.41) is 0. The van der Waals surface area contributed by atoms with Crippen molar-refractivity contribution in [3.63, 3.8) is 0 Å². The van der Waals surface area contributed by atoms with Gasteiger partial charge in [-0.2, -0.15) is 13.2 Å². The Labute approximate surface area is 166 Å². The number of rotatable bonds is 5. The summed E-state index contributed by atoms with van der Waals surface area (Å²) in [6.45, 7) is 4.95. The minimum atomic E-state index is -4.34. The van der Waals surface area contributed by atoms with Crippen LogP contribution < -0.4 is 0 Å². The first-order valence-electron chi connectivity index (χ1n) is 9.79. The van der Waals surface area contributed by atoms with Crippen LogP contribution in [0.1, 0.15) is 37.4 Å². The van der Waals surface area contributed by atoms with Gasteiger partial charge in [0.05, 0.1) is 12.4 Å². The molecule has 0 radical (unpaired) electrons. The average molecular weight is 447 g/mol. The van der Waals surface area contributed by atoms with Gasteiger partial charge in [-0.05, 0) is 66.2 Å². The minimum Gasteiger partial charge on any atom is -0.301 e. The highest BCUT2D eigenvalue weighted by Crippen LogP contribution is 2.38. The predicted molar refractivity (Wildman–Crippen MR) is 101 cm³/mol. The molecule has 0 aromatic carbocycles. The number of nitrogens with zero attached hydrogens (tertiary/aromatic N) is 4. The van der Waals surface area contributed by atoms with Crippen LogP contribution in [-0.4, -0.2) is 71.3 Å². The summed E-state index contributed by atoms with van der Waals surface area (Å²) < 4.78 is 42.4. The summed E-state index contributed by atoms with van der Waals surface area (Å²) in [5.41, 5.74) is 0.0781. The van der Waals surface area contributed by atoms with E-state index in [0.29, 0.717) is 23.7 Å². The highest BCUT2D eigenvalue weighted by atomic mass is 79.9. The van der Waals surface area contributed by atoms with Crippen molar-refractivity contribution < 1.29 is 13.2 Å². The third kappa shape index (κ3) is 4.83. The van der Waals surface area contributed by atoms with Crippen molar-refractivity contribution in [2.24, 2.45) is 5.92 Å². The molecular formula is C19H26BrF3N4. The zero-order valence-electron chi connectivity index (χ0n) is 15.3. The second-order valence-electron chi connectivity index (χ2n) is 8.11. The molecule has 2 unspecified atom stereocenters. The van der Waals surface area contributed by atoms with Crippen LogP contribution in [0.15, 0.2) is 22.8 Å². The monoisotopic (exact) mass is 446 g/mol. The number of hydrogen-bond acceptors (Lipinski definition) is 4. The Morgan fingerprint density at radius 1 is 1.15 bits per heavy atom. The molecule has 2 saturated heterocycles. The molecule has 4 rings (SSSR count). The summed E-state index contributed by atoms with van der Waals surface area (Å²) in [7, 11) is 0. The first-order valence-corrected chi connectivity index (χ1v) is 10.6. The molecule has 1 aliphatic carbocycles. The molecule has 4 nitrogen and oxygen atoms in total. The van der Waals surface area contributed by atoms with E-state index in [9.17, 15) is 13.2 Å². The molecule has 0 N–H and O–H groups in total. The van der Waals surface area contributed by atoms with E-state index in [0.717, 1.165) is 38.4 Å². The molecule has 0 bridgehead atoms. The van der Waals surface area contributed by atoms with Gasteiger partial charge in [-0.15, -0.1) is 0 Å². The van der Waals surface area contributed by atoms with Crippen LogP contribution in [-0.2, 0) is 0 Å². The van der Waals surface area contributed by atoms with E-state index in [-0.39, 0.29) is 5.69 Å². The largest absolute Gasteiger partial charge is 0.409 e. The van der Waals surface area contributed by atoms with Crippen molar-refractivity contribution >= 4 is 15.9 Å². The van der Waals surface area contributed by atoms with Gasteiger partial charge in [0.25, 0.3) is 0 Å². The van der Waals surface area contributed by atoms with E-state index in [1.807, 2.05) is 0 Å². The molecule has 2 aliphatic heterocycles. The Morgan fingerprint density at radius 3 is 2.63 bits per heavy atom. The summed E-state index contributed by atoms with van der Waals surface area (Å²) in [4.78, 5) is 10.4. The van der Waals surface area contributed by atoms with E-state index < -0.39 is 12.2 Å².